The van der Waals surface area contributed by atoms with E-state index in [1.807, 2.05) is 6.92 Å². The quantitative estimate of drug-likeness (QED) is 0.766. The van der Waals surface area contributed by atoms with Crippen LogP contribution in [0, 0.1) is 0 Å². The average molecular weight is 225 g/mol. The molecule has 1 rings (SSSR count). The first-order chi connectivity index (χ1) is 7.67. The maximum absolute atomic E-state index is 11.6. The topological polar surface area (TPSA) is 79.5 Å². The molecule has 0 fully saturated rings. The van der Waals surface area contributed by atoms with E-state index >= 15 is 0 Å². The Balaban J connectivity index is 2.64. The molecule has 2 N–H and O–H groups in total. The van der Waals surface area contributed by atoms with Gasteiger partial charge in [-0.15, -0.1) is 0 Å². The van der Waals surface area contributed by atoms with E-state index in [2.05, 4.69) is 9.73 Å². The Kier molecular flexibility index (Phi) is 4.72. The van der Waals surface area contributed by atoms with Gasteiger partial charge in [-0.05, 0) is 18.9 Å². The van der Waals surface area contributed by atoms with Gasteiger partial charge in [0.2, 0.25) is 0 Å². The van der Waals surface area contributed by atoms with Crippen LogP contribution < -0.4 is 10.9 Å². The van der Waals surface area contributed by atoms with Crippen molar-refractivity contribution in [2.45, 2.75) is 25.8 Å². The van der Waals surface area contributed by atoms with Gasteiger partial charge < -0.3 is 14.8 Å². The van der Waals surface area contributed by atoms with Crippen molar-refractivity contribution < 1.29 is 14.3 Å². The molecule has 1 heterocycles. The minimum absolute atomic E-state index is 0.0304. The highest BCUT2D eigenvalue weighted by molar-refractivity contribution is 5.93. The van der Waals surface area contributed by atoms with Gasteiger partial charge in [0.15, 0.2) is 0 Å². The smallest absolute Gasteiger partial charge is 0.335 e. The van der Waals surface area contributed by atoms with Gasteiger partial charge in [-0.3, -0.25) is 4.79 Å². The molecule has 0 aliphatic heterocycles. The summed E-state index contributed by atoms with van der Waals surface area (Å²) >= 11 is 0. The van der Waals surface area contributed by atoms with Crippen molar-refractivity contribution in [2.75, 3.05) is 6.61 Å². The van der Waals surface area contributed by atoms with E-state index in [4.69, 9.17) is 5.11 Å². The molecule has 1 aromatic heterocycles. The van der Waals surface area contributed by atoms with Gasteiger partial charge in [-0.2, -0.15) is 0 Å². The van der Waals surface area contributed by atoms with E-state index in [0.717, 1.165) is 12.7 Å². The number of rotatable bonds is 5. The second-order valence-electron chi connectivity index (χ2n) is 3.43. The number of carbonyl (C=O) groups excluding carboxylic acids is 1. The summed E-state index contributed by atoms with van der Waals surface area (Å²) in [5.41, 5.74) is -0.185. The van der Waals surface area contributed by atoms with Crippen LogP contribution in [0.5, 0.6) is 0 Å². The van der Waals surface area contributed by atoms with Crippen molar-refractivity contribution >= 4 is 5.91 Å². The molecule has 1 amide bonds. The molecular formula is C11H15NO4. The highest BCUT2D eigenvalue weighted by Crippen LogP contribution is 2.01. The Bertz CT molecular complexity index is 379. The molecule has 0 aromatic carbocycles. The summed E-state index contributed by atoms with van der Waals surface area (Å²) < 4.78 is 4.59. The van der Waals surface area contributed by atoms with Crippen LogP contribution in [-0.4, -0.2) is 23.7 Å². The third kappa shape index (κ3) is 3.51. The Morgan fingerprint density at radius 1 is 1.56 bits per heavy atom. The zero-order chi connectivity index (χ0) is 12.0. The molecule has 0 aliphatic carbocycles. The van der Waals surface area contributed by atoms with Gasteiger partial charge in [0, 0.05) is 18.7 Å². The van der Waals surface area contributed by atoms with Crippen LogP contribution in [0.25, 0.3) is 0 Å². The maximum atomic E-state index is 11.6. The van der Waals surface area contributed by atoms with Crippen LogP contribution in [0.3, 0.4) is 0 Å². The molecule has 0 radical (unpaired) electrons. The Morgan fingerprint density at radius 2 is 2.31 bits per heavy atom. The van der Waals surface area contributed by atoms with Crippen LogP contribution in [-0.2, 0) is 0 Å². The van der Waals surface area contributed by atoms with Crippen molar-refractivity contribution in [3.05, 3.63) is 34.4 Å². The van der Waals surface area contributed by atoms with Gasteiger partial charge in [-0.25, -0.2) is 4.79 Å². The number of aliphatic hydroxyl groups excluding tert-OH is 1. The summed E-state index contributed by atoms with van der Waals surface area (Å²) in [4.78, 5) is 22.3. The summed E-state index contributed by atoms with van der Waals surface area (Å²) in [5, 5.41) is 11.5. The molecule has 0 bridgehead atoms. The Morgan fingerprint density at radius 3 is 2.81 bits per heavy atom. The summed E-state index contributed by atoms with van der Waals surface area (Å²) in [6, 6.07) is 2.54. The normalized spacial score (nSPS) is 12.1. The van der Waals surface area contributed by atoms with E-state index in [0.29, 0.717) is 12.0 Å². The molecule has 0 aliphatic rings. The highest BCUT2D eigenvalue weighted by Gasteiger charge is 2.11. The number of amides is 1. The van der Waals surface area contributed by atoms with Gasteiger partial charge in [-0.1, -0.05) is 6.92 Å². The third-order valence-corrected chi connectivity index (χ3v) is 2.27. The fourth-order valence-electron chi connectivity index (χ4n) is 1.29. The second kappa shape index (κ2) is 6.07. The first-order valence-corrected chi connectivity index (χ1v) is 5.18. The summed E-state index contributed by atoms with van der Waals surface area (Å²) in [7, 11) is 0. The lowest BCUT2D eigenvalue weighted by Gasteiger charge is -2.15. The van der Waals surface area contributed by atoms with Gasteiger partial charge >= 0.3 is 5.63 Å². The predicted molar refractivity (Wildman–Crippen MR) is 58.2 cm³/mol. The standard InChI is InChI=1S/C11H15NO4/c1-2-9(5-6-13)12-11(15)8-3-4-10(14)16-7-8/h3-4,7,9,13H,2,5-6H2,1H3,(H,12,15). The van der Waals surface area contributed by atoms with E-state index in [1.54, 1.807) is 0 Å². The zero-order valence-corrected chi connectivity index (χ0v) is 9.10. The minimum Gasteiger partial charge on any atom is -0.430 e. The van der Waals surface area contributed by atoms with Gasteiger partial charge in [0.1, 0.15) is 6.26 Å². The summed E-state index contributed by atoms with van der Waals surface area (Å²) in [5.74, 6) is -0.302. The van der Waals surface area contributed by atoms with E-state index in [1.165, 1.54) is 12.1 Å². The zero-order valence-electron chi connectivity index (χ0n) is 9.10. The highest BCUT2D eigenvalue weighted by atomic mass is 16.4. The minimum atomic E-state index is -0.487. The lowest BCUT2D eigenvalue weighted by molar-refractivity contribution is 0.0926. The average Bonchev–Trinajstić information content (AvgIpc) is 2.29. The van der Waals surface area contributed by atoms with Crippen LogP contribution in [0.1, 0.15) is 30.1 Å². The SMILES string of the molecule is CCC(CCO)NC(=O)c1ccc(=O)oc1. The van der Waals surface area contributed by atoms with E-state index < -0.39 is 5.63 Å². The van der Waals surface area contributed by atoms with Crippen molar-refractivity contribution in [1.29, 1.82) is 0 Å². The summed E-state index contributed by atoms with van der Waals surface area (Å²) in [6.45, 7) is 1.95. The number of hydrogen-bond acceptors (Lipinski definition) is 4. The van der Waals surface area contributed by atoms with Crippen molar-refractivity contribution in [3.63, 3.8) is 0 Å². The number of nitrogens with one attached hydrogen (secondary N) is 1. The molecular weight excluding hydrogens is 210 g/mol. The monoisotopic (exact) mass is 225 g/mol. The molecule has 88 valence electrons. The number of hydrogen-bond donors (Lipinski definition) is 2. The molecule has 0 spiro atoms. The first-order valence-electron chi connectivity index (χ1n) is 5.18. The lowest BCUT2D eigenvalue weighted by Crippen LogP contribution is -2.35. The van der Waals surface area contributed by atoms with Gasteiger partial charge in [0.05, 0.1) is 5.56 Å². The molecule has 1 atom stereocenters. The largest absolute Gasteiger partial charge is 0.430 e. The molecule has 0 saturated carbocycles. The molecule has 5 heteroatoms. The van der Waals surface area contributed by atoms with Crippen molar-refractivity contribution in [1.82, 2.24) is 5.32 Å². The maximum Gasteiger partial charge on any atom is 0.335 e. The van der Waals surface area contributed by atoms with Crippen LogP contribution in [0.15, 0.2) is 27.6 Å². The Hall–Kier alpha value is -1.62. The first kappa shape index (κ1) is 12.4. The summed E-state index contributed by atoms with van der Waals surface area (Å²) in [6.07, 6.45) is 2.38. The molecule has 1 unspecified atom stereocenters. The fourth-order valence-corrected chi connectivity index (χ4v) is 1.29. The third-order valence-electron chi connectivity index (χ3n) is 2.27. The Labute approximate surface area is 93.1 Å². The van der Waals surface area contributed by atoms with E-state index in [-0.39, 0.29) is 18.6 Å². The van der Waals surface area contributed by atoms with E-state index in [9.17, 15) is 9.59 Å². The van der Waals surface area contributed by atoms with Crippen LogP contribution in [0.4, 0.5) is 0 Å². The molecule has 1 aromatic rings. The fraction of sp³-hybridized carbons (Fsp3) is 0.455. The van der Waals surface area contributed by atoms with Gasteiger partial charge in [0.25, 0.3) is 5.91 Å². The number of carbonyl (C=O) groups is 1. The van der Waals surface area contributed by atoms with Crippen LogP contribution in [0.2, 0.25) is 0 Å². The molecule has 0 saturated heterocycles. The van der Waals surface area contributed by atoms with Crippen LogP contribution >= 0.6 is 0 Å². The predicted octanol–water partition coefficient (Wildman–Crippen LogP) is 0.531. The molecule has 16 heavy (non-hydrogen) atoms. The lowest BCUT2D eigenvalue weighted by atomic mass is 10.1. The van der Waals surface area contributed by atoms with Crippen molar-refractivity contribution in [2.24, 2.45) is 0 Å². The number of aliphatic hydroxyl groups is 1. The van der Waals surface area contributed by atoms with Crippen molar-refractivity contribution in [3.8, 4) is 0 Å². The molecule has 5 nitrogen and oxygen atoms in total. The second-order valence-corrected chi connectivity index (χ2v) is 3.43.